The number of nitrogens with zero attached hydrogens (tertiary/aromatic N) is 2. The summed E-state index contributed by atoms with van der Waals surface area (Å²) in [6.45, 7) is 0. The highest BCUT2D eigenvalue weighted by atomic mass is 32.2. The van der Waals surface area contributed by atoms with Gasteiger partial charge in [0.2, 0.25) is 0 Å². The zero-order valence-corrected chi connectivity index (χ0v) is 20.2. The maximum absolute atomic E-state index is 6.57. The predicted octanol–water partition coefficient (Wildman–Crippen LogP) is 9.23. The standard InChI is InChI=1S/C32H16N2O2S/c1-2-7-18(8-3-1)28-31-29(19-10-4-5-11-21(19)35-31)34-32(33-28)20-14-16-24-27-26-22(36-30(20)27)15-13-17-9-6-12-23(37-24)25(17)26/h1-16H. The van der Waals surface area contributed by atoms with Gasteiger partial charge in [0, 0.05) is 36.9 Å². The van der Waals surface area contributed by atoms with Crippen LogP contribution in [0.1, 0.15) is 0 Å². The van der Waals surface area contributed by atoms with Crippen LogP contribution in [0.4, 0.5) is 0 Å². The van der Waals surface area contributed by atoms with E-state index in [0.29, 0.717) is 11.4 Å². The second kappa shape index (κ2) is 6.99. The van der Waals surface area contributed by atoms with Gasteiger partial charge in [-0.05, 0) is 41.8 Å². The number of hydrogen-bond donors (Lipinski definition) is 0. The van der Waals surface area contributed by atoms with Gasteiger partial charge < -0.3 is 8.83 Å². The molecule has 5 heteroatoms. The van der Waals surface area contributed by atoms with Crippen molar-refractivity contribution in [2.75, 3.05) is 0 Å². The zero-order chi connectivity index (χ0) is 24.1. The third-order valence-electron chi connectivity index (χ3n) is 7.28. The van der Waals surface area contributed by atoms with Crippen molar-refractivity contribution >= 4 is 66.5 Å². The smallest absolute Gasteiger partial charge is 0.180 e. The van der Waals surface area contributed by atoms with Gasteiger partial charge in [-0.25, -0.2) is 9.97 Å². The molecule has 0 saturated heterocycles. The first-order valence-corrected chi connectivity index (χ1v) is 13.0. The van der Waals surface area contributed by atoms with E-state index in [0.717, 1.165) is 49.9 Å². The van der Waals surface area contributed by atoms with Crippen LogP contribution in [0.2, 0.25) is 0 Å². The molecule has 0 unspecified atom stereocenters. The summed E-state index contributed by atoms with van der Waals surface area (Å²) in [4.78, 5) is 12.6. The van der Waals surface area contributed by atoms with Crippen LogP contribution in [0.3, 0.4) is 0 Å². The molecule has 1 aliphatic rings. The van der Waals surface area contributed by atoms with Gasteiger partial charge in [-0.15, -0.1) is 0 Å². The minimum absolute atomic E-state index is 0.628. The fourth-order valence-electron chi connectivity index (χ4n) is 5.64. The van der Waals surface area contributed by atoms with Crippen molar-refractivity contribution in [3.8, 4) is 22.6 Å². The van der Waals surface area contributed by atoms with E-state index in [1.165, 1.54) is 25.9 Å². The van der Waals surface area contributed by atoms with Gasteiger partial charge in [0.25, 0.3) is 0 Å². The molecule has 0 atom stereocenters. The average molecular weight is 493 g/mol. The van der Waals surface area contributed by atoms with Crippen molar-refractivity contribution in [3.63, 3.8) is 0 Å². The van der Waals surface area contributed by atoms with Crippen LogP contribution in [-0.4, -0.2) is 9.97 Å². The van der Waals surface area contributed by atoms with Gasteiger partial charge in [-0.1, -0.05) is 72.4 Å². The molecule has 0 aliphatic carbocycles. The summed E-state index contributed by atoms with van der Waals surface area (Å²) in [6, 6.07) is 33.1. The Morgan fingerprint density at radius 2 is 1.41 bits per heavy atom. The molecule has 0 radical (unpaired) electrons. The Morgan fingerprint density at radius 3 is 2.35 bits per heavy atom. The Bertz CT molecular complexity index is 2230. The van der Waals surface area contributed by atoms with Crippen LogP contribution < -0.4 is 0 Å². The number of hydrogen-bond acceptors (Lipinski definition) is 5. The zero-order valence-electron chi connectivity index (χ0n) is 19.4. The SMILES string of the molecule is c1ccc(-c2nc(-c3ccc4c5c3oc3ccc6cccc(c6c35)S4)nc3c2oc2ccccc23)cc1. The lowest BCUT2D eigenvalue weighted by Gasteiger charge is -2.14. The van der Waals surface area contributed by atoms with E-state index >= 15 is 0 Å². The Labute approximate surface area is 214 Å². The topological polar surface area (TPSA) is 52.1 Å². The van der Waals surface area contributed by atoms with Crippen molar-refractivity contribution in [3.05, 3.63) is 97.1 Å². The third-order valence-corrected chi connectivity index (χ3v) is 8.40. The van der Waals surface area contributed by atoms with E-state index in [2.05, 4.69) is 60.7 Å². The van der Waals surface area contributed by atoms with Gasteiger partial charge >= 0.3 is 0 Å². The molecule has 0 spiro atoms. The predicted molar refractivity (Wildman–Crippen MR) is 149 cm³/mol. The number of fused-ring (bicyclic) bond motifs is 3. The van der Waals surface area contributed by atoms with Gasteiger partial charge in [0.15, 0.2) is 11.4 Å². The molecular weight excluding hydrogens is 476 g/mol. The van der Waals surface area contributed by atoms with E-state index in [4.69, 9.17) is 18.8 Å². The van der Waals surface area contributed by atoms with E-state index < -0.39 is 0 Å². The molecule has 8 aromatic rings. The second-order valence-electron chi connectivity index (χ2n) is 9.35. The first kappa shape index (κ1) is 19.6. The molecule has 37 heavy (non-hydrogen) atoms. The van der Waals surface area contributed by atoms with Gasteiger partial charge in [-0.3, -0.25) is 0 Å². The molecule has 0 amide bonds. The quantitative estimate of drug-likeness (QED) is 0.241. The Balaban J connectivity index is 1.42. The van der Waals surface area contributed by atoms with Crippen molar-refractivity contribution in [1.82, 2.24) is 9.97 Å². The van der Waals surface area contributed by atoms with E-state index in [1.807, 2.05) is 36.4 Å². The number of aromatic nitrogens is 2. The molecular formula is C32H16N2O2S. The van der Waals surface area contributed by atoms with Crippen molar-refractivity contribution < 1.29 is 8.83 Å². The third kappa shape index (κ3) is 2.59. The van der Waals surface area contributed by atoms with E-state index in [9.17, 15) is 0 Å². The molecule has 172 valence electrons. The first-order valence-electron chi connectivity index (χ1n) is 12.2. The highest BCUT2D eigenvalue weighted by Crippen LogP contribution is 2.51. The fraction of sp³-hybridized carbons (Fsp3) is 0. The maximum Gasteiger partial charge on any atom is 0.180 e. The van der Waals surface area contributed by atoms with E-state index in [-0.39, 0.29) is 0 Å². The summed E-state index contributed by atoms with van der Waals surface area (Å²) >= 11 is 1.80. The van der Waals surface area contributed by atoms with Gasteiger partial charge in [0.05, 0.1) is 5.56 Å². The van der Waals surface area contributed by atoms with E-state index in [1.54, 1.807) is 11.8 Å². The molecule has 1 aliphatic heterocycles. The van der Waals surface area contributed by atoms with Gasteiger partial charge in [0.1, 0.15) is 28.0 Å². The molecule has 0 N–H and O–H groups in total. The number of furan rings is 2. The first-order chi connectivity index (χ1) is 18.3. The summed E-state index contributed by atoms with van der Waals surface area (Å²) in [7, 11) is 0. The lowest BCUT2D eigenvalue weighted by Crippen LogP contribution is -1.95. The molecule has 9 rings (SSSR count). The van der Waals surface area contributed by atoms with Crippen LogP contribution in [-0.2, 0) is 0 Å². The van der Waals surface area contributed by atoms with Crippen LogP contribution in [0, 0.1) is 0 Å². The maximum atomic E-state index is 6.57. The average Bonchev–Trinajstić information content (AvgIpc) is 3.53. The summed E-state index contributed by atoms with van der Waals surface area (Å²) in [6.07, 6.45) is 0. The summed E-state index contributed by atoms with van der Waals surface area (Å²) in [5.74, 6) is 0.628. The molecule has 0 saturated carbocycles. The molecule has 0 bridgehead atoms. The van der Waals surface area contributed by atoms with Crippen LogP contribution in [0.15, 0.2) is 116 Å². The molecule has 5 aromatic carbocycles. The molecule has 3 aromatic heterocycles. The normalized spacial score (nSPS) is 12.8. The number of rotatable bonds is 2. The van der Waals surface area contributed by atoms with Crippen LogP contribution in [0.25, 0.3) is 77.4 Å². The minimum atomic E-state index is 0.628. The molecule has 0 fully saturated rings. The fourth-order valence-corrected chi connectivity index (χ4v) is 6.78. The summed E-state index contributed by atoms with van der Waals surface area (Å²) in [5, 5.41) is 5.78. The number of benzene rings is 5. The summed E-state index contributed by atoms with van der Waals surface area (Å²) in [5.41, 5.74) is 6.67. The Hall–Kier alpha value is -4.61. The summed E-state index contributed by atoms with van der Waals surface area (Å²) < 4.78 is 12.9. The lowest BCUT2D eigenvalue weighted by atomic mass is 10.0. The monoisotopic (exact) mass is 492 g/mol. The highest BCUT2D eigenvalue weighted by molar-refractivity contribution is 8.00. The highest BCUT2D eigenvalue weighted by Gasteiger charge is 2.26. The number of para-hydroxylation sites is 1. The molecule has 4 heterocycles. The van der Waals surface area contributed by atoms with Crippen molar-refractivity contribution in [2.45, 2.75) is 9.79 Å². The Kier molecular flexibility index (Phi) is 3.70. The van der Waals surface area contributed by atoms with Crippen molar-refractivity contribution in [1.29, 1.82) is 0 Å². The molecule has 4 nitrogen and oxygen atoms in total. The minimum Gasteiger partial charge on any atom is -0.455 e. The lowest BCUT2D eigenvalue weighted by molar-refractivity contribution is 0.666. The van der Waals surface area contributed by atoms with Gasteiger partial charge in [-0.2, -0.15) is 0 Å². The Morgan fingerprint density at radius 1 is 0.568 bits per heavy atom. The van der Waals surface area contributed by atoms with Crippen LogP contribution >= 0.6 is 11.8 Å². The largest absolute Gasteiger partial charge is 0.455 e. The second-order valence-corrected chi connectivity index (χ2v) is 10.4. The van der Waals surface area contributed by atoms with Crippen LogP contribution in [0.5, 0.6) is 0 Å². The van der Waals surface area contributed by atoms with Crippen molar-refractivity contribution in [2.24, 2.45) is 0 Å².